The molecule has 1 fully saturated rings. The lowest BCUT2D eigenvalue weighted by Gasteiger charge is -2.24. The minimum Gasteiger partial charge on any atom is -0.329 e. The number of imidazole rings is 1. The van der Waals surface area contributed by atoms with Crippen molar-refractivity contribution in [1.29, 1.82) is 0 Å². The molecule has 0 amide bonds. The Hall–Kier alpha value is -1.13. The van der Waals surface area contributed by atoms with Gasteiger partial charge in [0, 0.05) is 25.0 Å². The van der Waals surface area contributed by atoms with Crippen molar-refractivity contribution in [3.05, 3.63) is 29.9 Å². The van der Waals surface area contributed by atoms with E-state index in [1.165, 1.54) is 30.6 Å². The number of rotatable bonds is 5. The normalized spacial score (nSPS) is 17.9. The van der Waals surface area contributed by atoms with Crippen molar-refractivity contribution in [1.82, 2.24) is 14.9 Å². The molecule has 2 heterocycles. The highest BCUT2D eigenvalue weighted by atomic mass is 32.1. The van der Waals surface area contributed by atoms with Crippen molar-refractivity contribution in [3.63, 3.8) is 0 Å². The van der Waals surface area contributed by atoms with Gasteiger partial charge in [0.25, 0.3) is 0 Å². The van der Waals surface area contributed by atoms with E-state index in [1.807, 2.05) is 6.20 Å². The highest BCUT2D eigenvalue weighted by Gasteiger charge is 2.24. The molecule has 2 aromatic heterocycles. The molecular formula is C15H21N3S. The van der Waals surface area contributed by atoms with E-state index < -0.39 is 0 Å². The van der Waals surface area contributed by atoms with Crippen molar-refractivity contribution in [3.8, 4) is 10.7 Å². The predicted octanol–water partition coefficient (Wildman–Crippen LogP) is 3.39. The Balaban J connectivity index is 1.77. The summed E-state index contributed by atoms with van der Waals surface area (Å²) in [5.41, 5.74) is 0. The maximum absolute atomic E-state index is 4.52. The third-order valence-electron chi connectivity index (χ3n) is 4.19. The molecule has 3 nitrogen and oxygen atoms in total. The molecule has 1 N–H and O–H groups in total. The Morgan fingerprint density at radius 2 is 2.32 bits per heavy atom. The molecule has 0 aliphatic heterocycles. The summed E-state index contributed by atoms with van der Waals surface area (Å²) >= 11 is 1.76. The Kier molecular flexibility index (Phi) is 3.99. The minimum atomic E-state index is 0.565. The summed E-state index contributed by atoms with van der Waals surface area (Å²) in [6, 6.07) is 4.80. The van der Waals surface area contributed by atoms with Gasteiger partial charge in [0.15, 0.2) is 0 Å². The van der Waals surface area contributed by atoms with Gasteiger partial charge in [-0.15, -0.1) is 11.3 Å². The van der Waals surface area contributed by atoms with Gasteiger partial charge in [-0.1, -0.05) is 18.9 Å². The zero-order valence-electron chi connectivity index (χ0n) is 11.4. The van der Waals surface area contributed by atoms with Gasteiger partial charge in [0.2, 0.25) is 0 Å². The Morgan fingerprint density at radius 1 is 1.47 bits per heavy atom. The van der Waals surface area contributed by atoms with Crippen LogP contribution >= 0.6 is 11.3 Å². The molecule has 0 bridgehead atoms. The molecular weight excluding hydrogens is 254 g/mol. The van der Waals surface area contributed by atoms with Gasteiger partial charge in [0.1, 0.15) is 5.82 Å². The summed E-state index contributed by atoms with van der Waals surface area (Å²) in [6.45, 7) is 1.02. The zero-order chi connectivity index (χ0) is 13.1. The van der Waals surface area contributed by atoms with E-state index in [0.717, 1.165) is 18.3 Å². The van der Waals surface area contributed by atoms with Gasteiger partial charge in [-0.2, -0.15) is 0 Å². The molecule has 4 heteroatoms. The first-order valence-corrected chi connectivity index (χ1v) is 7.98. The van der Waals surface area contributed by atoms with Gasteiger partial charge in [-0.25, -0.2) is 4.98 Å². The van der Waals surface area contributed by atoms with Crippen LogP contribution in [0.4, 0.5) is 0 Å². The quantitative estimate of drug-likeness (QED) is 0.906. The van der Waals surface area contributed by atoms with Gasteiger partial charge >= 0.3 is 0 Å². The standard InChI is InChI=1S/C15H21N3S/c1-16-13(12-5-2-3-6-12)11-18-9-8-17-15(18)14-7-4-10-19-14/h4,7-10,12-13,16H,2-3,5-6,11H2,1H3. The van der Waals surface area contributed by atoms with Gasteiger partial charge in [0.05, 0.1) is 4.88 Å². The summed E-state index contributed by atoms with van der Waals surface area (Å²) in [4.78, 5) is 5.77. The highest BCUT2D eigenvalue weighted by Crippen LogP contribution is 2.29. The van der Waals surface area contributed by atoms with Crippen LogP contribution in [0.15, 0.2) is 29.9 Å². The first-order valence-electron chi connectivity index (χ1n) is 7.11. The molecule has 1 saturated carbocycles. The zero-order valence-corrected chi connectivity index (χ0v) is 12.2. The number of thiophene rings is 1. The van der Waals surface area contributed by atoms with Crippen LogP contribution in [-0.4, -0.2) is 22.6 Å². The van der Waals surface area contributed by atoms with E-state index >= 15 is 0 Å². The first kappa shape index (κ1) is 12.9. The molecule has 0 radical (unpaired) electrons. The van der Waals surface area contributed by atoms with Crippen molar-refractivity contribution >= 4 is 11.3 Å². The molecule has 2 aromatic rings. The van der Waals surface area contributed by atoms with Crippen molar-refractivity contribution in [2.24, 2.45) is 5.92 Å². The molecule has 1 unspecified atom stereocenters. The molecule has 102 valence electrons. The maximum atomic E-state index is 4.52. The second-order valence-electron chi connectivity index (χ2n) is 5.32. The lowest BCUT2D eigenvalue weighted by molar-refractivity contribution is 0.341. The topological polar surface area (TPSA) is 29.9 Å². The van der Waals surface area contributed by atoms with E-state index in [0.29, 0.717) is 6.04 Å². The second kappa shape index (κ2) is 5.88. The summed E-state index contributed by atoms with van der Waals surface area (Å²) < 4.78 is 2.30. The highest BCUT2D eigenvalue weighted by molar-refractivity contribution is 7.13. The number of hydrogen-bond acceptors (Lipinski definition) is 3. The number of likely N-dealkylation sites (N-methyl/N-ethyl adjacent to an activating group) is 1. The summed E-state index contributed by atoms with van der Waals surface area (Å²) in [5, 5.41) is 5.62. The van der Waals surface area contributed by atoms with E-state index in [1.54, 1.807) is 11.3 Å². The fourth-order valence-corrected chi connectivity index (χ4v) is 3.87. The fourth-order valence-electron chi connectivity index (χ4n) is 3.14. The average Bonchev–Trinajstić information content (AvgIpc) is 3.15. The Labute approximate surface area is 118 Å². The van der Waals surface area contributed by atoms with Crippen LogP contribution in [0.3, 0.4) is 0 Å². The third-order valence-corrected chi connectivity index (χ3v) is 5.06. The molecule has 19 heavy (non-hydrogen) atoms. The predicted molar refractivity (Wildman–Crippen MR) is 80.3 cm³/mol. The van der Waals surface area contributed by atoms with Crippen LogP contribution < -0.4 is 5.32 Å². The number of hydrogen-bond donors (Lipinski definition) is 1. The van der Waals surface area contributed by atoms with E-state index in [-0.39, 0.29) is 0 Å². The third kappa shape index (κ3) is 2.74. The van der Waals surface area contributed by atoms with Crippen LogP contribution in [0.2, 0.25) is 0 Å². The number of aromatic nitrogens is 2. The van der Waals surface area contributed by atoms with Crippen LogP contribution in [0, 0.1) is 5.92 Å². The summed E-state index contributed by atoms with van der Waals surface area (Å²) in [5.74, 6) is 1.93. The first-order chi connectivity index (χ1) is 9.38. The van der Waals surface area contributed by atoms with Crippen LogP contribution in [0.5, 0.6) is 0 Å². The molecule has 1 aliphatic rings. The molecule has 0 aromatic carbocycles. The fraction of sp³-hybridized carbons (Fsp3) is 0.533. The van der Waals surface area contributed by atoms with Gasteiger partial charge in [-0.05, 0) is 37.3 Å². The van der Waals surface area contributed by atoms with Gasteiger partial charge in [-0.3, -0.25) is 0 Å². The number of nitrogens with one attached hydrogen (secondary N) is 1. The molecule has 0 saturated heterocycles. The van der Waals surface area contributed by atoms with Gasteiger partial charge < -0.3 is 9.88 Å². The van der Waals surface area contributed by atoms with Crippen molar-refractivity contribution in [2.45, 2.75) is 38.3 Å². The minimum absolute atomic E-state index is 0.565. The van der Waals surface area contributed by atoms with E-state index in [4.69, 9.17) is 0 Å². The van der Waals surface area contributed by atoms with Crippen molar-refractivity contribution < 1.29 is 0 Å². The average molecular weight is 275 g/mol. The molecule has 1 atom stereocenters. The summed E-state index contributed by atoms with van der Waals surface area (Å²) in [6.07, 6.45) is 9.54. The number of nitrogens with zero attached hydrogens (tertiary/aromatic N) is 2. The Bertz CT molecular complexity index is 497. The maximum Gasteiger partial charge on any atom is 0.150 e. The largest absolute Gasteiger partial charge is 0.329 e. The Morgan fingerprint density at radius 3 is 3.00 bits per heavy atom. The van der Waals surface area contributed by atoms with E-state index in [2.05, 4.69) is 45.6 Å². The smallest absolute Gasteiger partial charge is 0.150 e. The molecule has 1 aliphatic carbocycles. The molecule has 3 rings (SSSR count). The van der Waals surface area contributed by atoms with Crippen LogP contribution in [0.25, 0.3) is 10.7 Å². The molecule has 0 spiro atoms. The summed E-state index contributed by atoms with van der Waals surface area (Å²) in [7, 11) is 2.09. The van der Waals surface area contributed by atoms with Crippen LogP contribution in [0.1, 0.15) is 25.7 Å². The monoisotopic (exact) mass is 275 g/mol. The SMILES string of the molecule is CNC(Cn1ccnc1-c1cccs1)C1CCCC1. The van der Waals surface area contributed by atoms with Crippen LogP contribution in [-0.2, 0) is 6.54 Å². The van der Waals surface area contributed by atoms with E-state index in [9.17, 15) is 0 Å². The van der Waals surface area contributed by atoms with Crippen molar-refractivity contribution in [2.75, 3.05) is 7.05 Å². The lowest BCUT2D eigenvalue weighted by atomic mass is 9.98. The lowest BCUT2D eigenvalue weighted by Crippen LogP contribution is -2.36. The second-order valence-corrected chi connectivity index (χ2v) is 6.27.